The van der Waals surface area contributed by atoms with Crippen LogP contribution in [0.5, 0.6) is 0 Å². The molecule has 1 atom stereocenters. The summed E-state index contributed by atoms with van der Waals surface area (Å²) in [5.41, 5.74) is 3.57. The molecule has 1 aromatic heterocycles. The van der Waals surface area contributed by atoms with E-state index in [0.717, 1.165) is 29.9 Å². The molecule has 1 aliphatic heterocycles. The zero-order chi connectivity index (χ0) is 13.2. The van der Waals surface area contributed by atoms with E-state index in [0.29, 0.717) is 12.0 Å². The summed E-state index contributed by atoms with van der Waals surface area (Å²) in [5, 5.41) is 6.93. The minimum atomic E-state index is 0.440. The van der Waals surface area contributed by atoms with Crippen LogP contribution in [0.25, 0.3) is 11.0 Å². The highest BCUT2D eigenvalue weighted by atomic mass is 14.9. The molecule has 0 aliphatic carbocycles. The van der Waals surface area contributed by atoms with Crippen molar-refractivity contribution in [3.63, 3.8) is 0 Å². The number of benzene rings is 1. The van der Waals surface area contributed by atoms with Gasteiger partial charge in [0.1, 0.15) is 5.82 Å². The van der Waals surface area contributed by atoms with E-state index < -0.39 is 0 Å². The molecular weight excluding hydrogens is 236 g/mol. The molecule has 0 bridgehead atoms. The lowest BCUT2D eigenvalue weighted by Crippen LogP contribution is -2.35. The molecule has 1 aromatic carbocycles. The number of H-pyrrole nitrogens is 1. The minimum Gasteiger partial charge on any atom is -0.342 e. The van der Waals surface area contributed by atoms with Crippen molar-refractivity contribution in [2.75, 3.05) is 20.1 Å². The summed E-state index contributed by atoms with van der Waals surface area (Å²) in [4.78, 5) is 7.80. The van der Waals surface area contributed by atoms with Gasteiger partial charge in [0, 0.05) is 6.04 Å². The van der Waals surface area contributed by atoms with Crippen LogP contribution in [0.4, 0.5) is 0 Å². The zero-order valence-corrected chi connectivity index (χ0v) is 11.7. The van der Waals surface area contributed by atoms with Gasteiger partial charge >= 0.3 is 0 Å². The molecule has 0 amide bonds. The lowest BCUT2D eigenvalue weighted by molar-refractivity contribution is 0.294. The van der Waals surface area contributed by atoms with E-state index in [-0.39, 0.29) is 0 Å². The van der Waals surface area contributed by atoms with Gasteiger partial charge in [-0.15, -0.1) is 0 Å². The van der Waals surface area contributed by atoms with Gasteiger partial charge < -0.3 is 15.6 Å². The fourth-order valence-corrected chi connectivity index (χ4v) is 3.20. The Bertz CT molecular complexity index is 554. The van der Waals surface area contributed by atoms with Gasteiger partial charge in [0.2, 0.25) is 0 Å². The Hall–Kier alpha value is -1.39. The molecule has 0 saturated carbocycles. The number of nitrogens with zero attached hydrogens (tertiary/aromatic N) is 1. The van der Waals surface area contributed by atoms with Gasteiger partial charge in [0.15, 0.2) is 0 Å². The summed E-state index contributed by atoms with van der Waals surface area (Å²) in [6.45, 7) is 4.27. The number of nitrogens with one attached hydrogen (secondary N) is 3. The number of aromatic amines is 1. The third-order valence-electron chi connectivity index (χ3n) is 4.15. The predicted molar refractivity (Wildman–Crippen MR) is 78.2 cm³/mol. The number of hydrogen-bond donors (Lipinski definition) is 3. The van der Waals surface area contributed by atoms with E-state index in [1.54, 1.807) is 0 Å². The minimum absolute atomic E-state index is 0.440. The first-order valence-electron chi connectivity index (χ1n) is 7.12. The Morgan fingerprint density at radius 1 is 1.32 bits per heavy atom. The second kappa shape index (κ2) is 5.31. The second-order valence-electron chi connectivity index (χ2n) is 5.45. The molecule has 1 unspecified atom stereocenters. The van der Waals surface area contributed by atoms with E-state index in [1.165, 1.54) is 18.4 Å². The molecule has 4 heteroatoms. The number of imidazole rings is 1. The molecule has 1 aliphatic rings. The summed E-state index contributed by atoms with van der Waals surface area (Å²) < 4.78 is 0. The van der Waals surface area contributed by atoms with E-state index in [4.69, 9.17) is 0 Å². The van der Waals surface area contributed by atoms with Gasteiger partial charge in [-0.2, -0.15) is 0 Å². The quantitative estimate of drug-likeness (QED) is 0.790. The lowest BCUT2D eigenvalue weighted by Gasteiger charge is -2.30. The molecule has 0 spiro atoms. The molecule has 3 N–H and O–H groups in total. The van der Waals surface area contributed by atoms with Crippen molar-refractivity contribution in [2.45, 2.75) is 25.8 Å². The van der Waals surface area contributed by atoms with Crippen LogP contribution in [-0.4, -0.2) is 30.1 Å². The first-order valence-corrected chi connectivity index (χ1v) is 7.12. The average Bonchev–Trinajstić information content (AvgIpc) is 2.80. The Labute approximate surface area is 114 Å². The number of hydrogen-bond acceptors (Lipinski definition) is 3. The summed E-state index contributed by atoms with van der Waals surface area (Å²) in [5.74, 6) is 1.70. The molecule has 102 valence electrons. The van der Waals surface area contributed by atoms with Crippen LogP contribution in [0, 0.1) is 12.8 Å². The Morgan fingerprint density at radius 3 is 2.84 bits per heavy atom. The summed E-state index contributed by atoms with van der Waals surface area (Å²) >= 11 is 0. The van der Waals surface area contributed by atoms with Crippen LogP contribution in [0.15, 0.2) is 18.2 Å². The highest BCUT2D eigenvalue weighted by Crippen LogP contribution is 2.29. The number of aryl methyl sites for hydroxylation is 1. The SMILES string of the molecule is CNC(c1ccc2nc(C)[nH]c2c1)C1CCNCC1. The van der Waals surface area contributed by atoms with E-state index >= 15 is 0 Å². The van der Waals surface area contributed by atoms with Crippen molar-refractivity contribution in [3.8, 4) is 0 Å². The average molecular weight is 258 g/mol. The topological polar surface area (TPSA) is 52.7 Å². The number of aromatic nitrogens is 2. The zero-order valence-electron chi connectivity index (χ0n) is 11.7. The maximum atomic E-state index is 4.47. The summed E-state index contributed by atoms with van der Waals surface area (Å²) in [6.07, 6.45) is 2.48. The van der Waals surface area contributed by atoms with Crippen molar-refractivity contribution < 1.29 is 0 Å². The van der Waals surface area contributed by atoms with Gasteiger partial charge in [-0.3, -0.25) is 0 Å². The van der Waals surface area contributed by atoms with Crippen molar-refractivity contribution in [3.05, 3.63) is 29.6 Å². The third kappa shape index (κ3) is 2.51. The molecule has 1 fully saturated rings. The number of fused-ring (bicyclic) bond motifs is 1. The van der Waals surface area contributed by atoms with E-state index in [2.05, 4.69) is 45.8 Å². The van der Waals surface area contributed by atoms with Crippen molar-refractivity contribution in [1.29, 1.82) is 0 Å². The largest absolute Gasteiger partial charge is 0.342 e. The first-order chi connectivity index (χ1) is 9.28. The maximum Gasteiger partial charge on any atom is 0.104 e. The van der Waals surface area contributed by atoms with Crippen LogP contribution in [0.3, 0.4) is 0 Å². The highest BCUT2D eigenvalue weighted by Gasteiger charge is 2.23. The van der Waals surface area contributed by atoms with Gasteiger partial charge in [0.25, 0.3) is 0 Å². The third-order valence-corrected chi connectivity index (χ3v) is 4.15. The van der Waals surface area contributed by atoms with E-state index in [1.807, 2.05) is 6.92 Å². The molecular formula is C15H22N4. The predicted octanol–water partition coefficient (Wildman–Crippen LogP) is 2.13. The molecule has 4 nitrogen and oxygen atoms in total. The molecule has 2 aromatic rings. The van der Waals surface area contributed by atoms with Gasteiger partial charge in [0.05, 0.1) is 11.0 Å². The van der Waals surface area contributed by atoms with Crippen LogP contribution in [-0.2, 0) is 0 Å². The van der Waals surface area contributed by atoms with Crippen LogP contribution < -0.4 is 10.6 Å². The lowest BCUT2D eigenvalue weighted by atomic mass is 9.86. The van der Waals surface area contributed by atoms with E-state index in [9.17, 15) is 0 Å². The molecule has 3 rings (SSSR count). The smallest absolute Gasteiger partial charge is 0.104 e. The fourth-order valence-electron chi connectivity index (χ4n) is 3.20. The Balaban J connectivity index is 1.91. The van der Waals surface area contributed by atoms with Gasteiger partial charge in [-0.05, 0) is 63.5 Å². The van der Waals surface area contributed by atoms with Crippen LogP contribution >= 0.6 is 0 Å². The fraction of sp³-hybridized carbons (Fsp3) is 0.533. The van der Waals surface area contributed by atoms with Crippen molar-refractivity contribution in [2.24, 2.45) is 5.92 Å². The number of piperidine rings is 1. The maximum absolute atomic E-state index is 4.47. The summed E-state index contributed by atoms with van der Waals surface area (Å²) in [7, 11) is 2.06. The normalized spacial score (nSPS) is 18.8. The number of rotatable bonds is 3. The van der Waals surface area contributed by atoms with Gasteiger partial charge in [-0.25, -0.2) is 4.98 Å². The molecule has 1 saturated heterocycles. The highest BCUT2D eigenvalue weighted by molar-refractivity contribution is 5.76. The van der Waals surface area contributed by atoms with Crippen LogP contribution in [0.1, 0.15) is 30.3 Å². The Morgan fingerprint density at radius 2 is 2.11 bits per heavy atom. The second-order valence-corrected chi connectivity index (χ2v) is 5.45. The van der Waals surface area contributed by atoms with Crippen LogP contribution in [0.2, 0.25) is 0 Å². The molecule has 0 radical (unpaired) electrons. The monoisotopic (exact) mass is 258 g/mol. The standard InChI is InChI=1S/C15H22N4/c1-10-18-13-4-3-12(9-14(13)19-10)15(16-2)11-5-7-17-8-6-11/h3-4,9,11,15-17H,5-8H2,1-2H3,(H,18,19). The molecule has 2 heterocycles. The van der Waals surface area contributed by atoms with Crippen molar-refractivity contribution >= 4 is 11.0 Å². The summed E-state index contributed by atoms with van der Waals surface area (Å²) in [6, 6.07) is 7.03. The van der Waals surface area contributed by atoms with Crippen molar-refractivity contribution in [1.82, 2.24) is 20.6 Å². The molecule has 19 heavy (non-hydrogen) atoms. The van der Waals surface area contributed by atoms with Gasteiger partial charge in [-0.1, -0.05) is 6.07 Å². The first kappa shape index (κ1) is 12.6. The Kier molecular flexibility index (Phi) is 3.53.